The molecule has 34 heavy (non-hydrogen) atoms. The van der Waals surface area contributed by atoms with Gasteiger partial charge in [-0.15, -0.1) is 13.2 Å². The minimum atomic E-state index is -0.507. The third-order valence-electron chi connectivity index (χ3n) is 5.67. The monoisotopic (exact) mass is 458 g/mol. The molecular weight excluding hydrogens is 424 g/mol. The van der Waals surface area contributed by atoms with Crippen molar-refractivity contribution in [1.82, 2.24) is 4.90 Å². The van der Waals surface area contributed by atoms with Crippen LogP contribution in [-0.4, -0.2) is 50.3 Å². The van der Waals surface area contributed by atoms with Crippen molar-refractivity contribution in [3.05, 3.63) is 97.1 Å². The molecule has 1 fully saturated rings. The number of ether oxygens (including phenoxy) is 2. The smallest absolute Gasteiger partial charge is 0.253 e. The highest BCUT2D eigenvalue weighted by Gasteiger charge is 2.21. The molecule has 0 aliphatic carbocycles. The molecule has 1 aliphatic heterocycles. The van der Waals surface area contributed by atoms with Gasteiger partial charge in [0.25, 0.3) is 5.91 Å². The van der Waals surface area contributed by atoms with E-state index in [-0.39, 0.29) is 0 Å². The van der Waals surface area contributed by atoms with Gasteiger partial charge >= 0.3 is 0 Å². The van der Waals surface area contributed by atoms with Crippen LogP contribution in [0.1, 0.15) is 28.8 Å². The number of fused-ring (bicyclic) bond motifs is 1. The fourth-order valence-corrected chi connectivity index (χ4v) is 4.02. The molecule has 0 spiro atoms. The standard InChI is InChI=1S/C29H34N2O3/c1-3-5-6-7-8-9-13-23(12-4-2)27-25-15-11-10-14-24(25)22-26(28(27)29(30)32)34-21-18-31-16-19-33-20-17-31/h3-4,6-11,13-15,22H,1-2,5,12,16-21H2,(H2,30,32). The van der Waals surface area contributed by atoms with Gasteiger partial charge < -0.3 is 15.2 Å². The van der Waals surface area contributed by atoms with E-state index in [0.29, 0.717) is 24.3 Å². The van der Waals surface area contributed by atoms with E-state index >= 15 is 0 Å². The van der Waals surface area contributed by atoms with Crippen LogP contribution in [0, 0.1) is 0 Å². The summed E-state index contributed by atoms with van der Waals surface area (Å²) in [6.07, 6.45) is 15.0. The second-order valence-corrected chi connectivity index (χ2v) is 8.03. The van der Waals surface area contributed by atoms with E-state index in [9.17, 15) is 4.79 Å². The van der Waals surface area contributed by atoms with Crippen LogP contribution in [0.2, 0.25) is 0 Å². The van der Waals surface area contributed by atoms with E-state index in [0.717, 1.165) is 61.2 Å². The van der Waals surface area contributed by atoms with Gasteiger partial charge in [-0.2, -0.15) is 0 Å². The number of rotatable bonds is 12. The topological polar surface area (TPSA) is 64.8 Å². The zero-order valence-electron chi connectivity index (χ0n) is 19.7. The summed E-state index contributed by atoms with van der Waals surface area (Å²) in [5.74, 6) is 0.00577. The highest BCUT2D eigenvalue weighted by molar-refractivity contribution is 6.09. The van der Waals surface area contributed by atoms with E-state index in [1.54, 1.807) is 0 Å². The van der Waals surface area contributed by atoms with Gasteiger partial charge in [0, 0.05) is 25.2 Å². The van der Waals surface area contributed by atoms with Crippen molar-refractivity contribution < 1.29 is 14.3 Å². The zero-order chi connectivity index (χ0) is 24.2. The largest absolute Gasteiger partial charge is 0.491 e. The molecule has 0 saturated carbocycles. The number of carbonyl (C=O) groups excluding carboxylic acids is 1. The Morgan fingerprint density at radius 2 is 1.88 bits per heavy atom. The number of morpholine rings is 1. The average Bonchev–Trinajstić information content (AvgIpc) is 2.85. The Kier molecular flexibility index (Phi) is 9.89. The summed E-state index contributed by atoms with van der Waals surface area (Å²) in [5, 5.41) is 1.95. The Hall–Kier alpha value is -3.41. The third kappa shape index (κ3) is 6.80. The molecular formula is C29H34N2O3. The van der Waals surface area contributed by atoms with Gasteiger partial charge in [0.2, 0.25) is 0 Å². The average molecular weight is 459 g/mol. The quantitative estimate of drug-likeness (QED) is 0.346. The molecule has 1 heterocycles. The van der Waals surface area contributed by atoms with E-state index in [2.05, 4.69) is 18.1 Å². The van der Waals surface area contributed by atoms with Gasteiger partial charge in [0.05, 0.1) is 18.8 Å². The molecule has 2 N–H and O–H groups in total. The summed E-state index contributed by atoms with van der Waals surface area (Å²) in [7, 11) is 0. The molecule has 2 aromatic carbocycles. The fraction of sp³-hybridized carbons (Fsp3) is 0.276. The number of benzene rings is 2. The van der Waals surface area contributed by atoms with Gasteiger partial charge in [-0.3, -0.25) is 9.69 Å². The lowest BCUT2D eigenvalue weighted by Crippen LogP contribution is -2.38. The van der Waals surface area contributed by atoms with E-state index in [1.807, 2.05) is 72.9 Å². The number of hydrogen-bond acceptors (Lipinski definition) is 4. The Morgan fingerprint density at radius 1 is 1.09 bits per heavy atom. The molecule has 0 atom stereocenters. The third-order valence-corrected chi connectivity index (χ3v) is 5.67. The molecule has 2 aromatic rings. The molecule has 3 rings (SSSR count). The van der Waals surface area contributed by atoms with Crippen LogP contribution in [-0.2, 0) is 4.74 Å². The Balaban J connectivity index is 2.01. The molecule has 178 valence electrons. The SMILES string of the molecule is C=CCC=CC=CC=C(CC=C)c1c(C(N)=O)c(OCCN2CCOCC2)cc2ccccc12. The first kappa shape index (κ1) is 25.2. The molecule has 5 heteroatoms. The maximum atomic E-state index is 12.7. The highest BCUT2D eigenvalue weighted by Crippen LogP contribution is 2.37. The summed E-state index contributed by atoms with van der Waals surface area (Å²) in [6, 6.07) is 9.90. The van der Waals surface area contributed by atoms with Crippen molar-refractivity contribution in [2.24, 2.45) is 5.73 Å². The van der Waals surface area contributed by atoms with Crippen LogP contribution in [0.5, 0.6) is 5.75 Å². The fourth-order valence-electron chi connectivity index (χ4n) is 4.02. The van der Waals surface area contributed by atoms with Crippen molar-refractivity contribution in [3.63, 3.8) is 0 Å². The lowest BCUT2D eigenvalue weighted by molar-refractivity contribution is 0.0322. The number of allylic oxidation sites excluding steroid dienone is 8. The number of amides is 1. The predicted octanol–water partition coefficient (Wildman–Crippen LogP) is 5.30. The molecule has 0 unspecified atom stereocenters. The van der Waals surface area contributed by atoms with Crippen molar-refractivity contribution in [2.45, 2.75) is 12.8 Å². The first-order valence-electron chi connectivity index (χ1n) is 11.7. The summed E-state index contributed by atoms with van der Waals surface area (Å²) >= 11 is 0. The second-order valence-electron chi connectivity index (χ2n) is 8.03. The molecule has 1 amide bonds. The van der Waals surface area contributed by atoms with E-state index in [4.69, 9.17) is 15.2 Å². The van der Waals surface area contributed by atoms with Crippen LogP contribution in [0.15, 0.2) is 86.0 Å². The van der Waals surface area contributed by atoms with Gasteiger partial charge in [0.1, 0.15) is 12.4 Å². The highest BCUT2D eigenvalue weighted by atomic mass is 16.5. The Labute approximate surface area is 202 Å². The molecule has 0 radical (unpaired) electrons. The summed E-state index contributed by atoms with van der Waals surface area (Å²) in [5.41, 5.74) is 8.08. The molecule has 5 nitrogen and oxygen atoms in total. The minimum absolute atomic E-state index is 0.407. The van der Waals surface area contributed by atoms with Gasteiger partial charge in [-0.25, -0.2) is 0 Å². The van der Waals surface area contributed by atoms with Crippen LogP contribution < -0.4 is 10.5 Å². The maximum Gasteiger partial charge on any atom is 0.253 e. The van der Waals surface area contributed by atoms with E-state index < -0.39 is 5.91 Å². The van der Waals surface area contributed by atoms with Crippen molar-refractivity contribution in [1.29, 1.82) is 0 Å². The maximum absolute atomic E-state index is 12.7. The summed E-state index contributed by atoms with van der Waals surface area (Å²) in [6.45, 7) is 12.1. The number of nitrogens with two attached hydrogens (primary N) is 1. The van der Waals surface area contributed by atoms with Crippen LogP contribution in [0.25, 0.3) is 16.3 Å². The van der Waals surface area contributed by atoms with Gasteiger partial charge in [-0.05, 0) is 35.3 Å². The molecule has 0 bridgehead atoms. The minimum Gasteiger partial charge on any atom is -0.491 e. The number of carbonyl (C=O) groups is 1. The number of primary amides is 1. The molecule has 1 aliphatic rings. The van der Waals surface area contributed by atoms with Gasteiger partial charge in [-0.1, -0.05) is 66.8 Å². The van der Waals surface area contributed by atoms with Crippen molar-refractivity contribution >= 4 is 22.3 Å². The Morgan fingerprint density at radius 3 is 2.62 bits per heavy atom. The van der Waals surface area contributed by atoms with Crippen molar-refractivity contribution in [2.75, 3.05) is 39.5 Å². The Bertz CT molecular complexity index is 1090. The lowest BCUT2D eigenvalue weighted by atomic mass is 9.90. The van der Waals surface area contributed by atoms with Crippen LogP contribution in [0.3, 0.4) is 0 Å². The number of nitrogens with zero attached hydrogens (tertiary/aromatic N) is 1. The van der Waals surface area contributed by atoms with E-state index in [1.165, 1.54) is 0 Å². The predicted molar refractivity (Wildman–Crippen MR) is 141 cm³/mol. The van der Waals surface area contributed by atoms with Crippen LogP contribution >= 0.6 is 0 Å². The summed E-state index contributed by atoms with van der Waals surface area (Å²) < 4.78 is 11.6. The zero-order valence-corrected chi connectivity index (χ0v) is 19.7. The number of hydrogen-bond donors (Lipinski definition) is 1. The lowest BCUT2D eigenvalue weighted by Gasteiger charge is -2.26. The van der Waals surface area contributed by atoms with Crippen molar-refractivity contribution in [3.8, 4) is 5.75 Å². The van der Waals surface area contributed by atoms with Crippen LogP contribution in [0.4, 0.5) is 0 Å². The van der Waals surface area contributed by atoms with Gasteiger partial charge in [0.15, 0.2) is 0 Å². The molecule has 1 saturated heterocycles. The first-order valence-corrected chi connectivity index (χ1v) is 11.7. The summed E-state index contributed by atoms with van der Waals surface area (Å²) in [4.78, 5) is 15.0. The normalized spacial score (nSPS) is 15.2. The first-order chi connectivity index (χ1) is 16.7. The molecule has 0 aromatic heterocycles. The second kappa shape index (κ2) is 13.3.